The average molecular weight is 320 g/mol. The van der Waals surface area contributed by atoms with Crippen LogP contribution in [0.15, 0.2) is 53.4 Å². The van der Waals surface area contributed by atoms with E-state index in [0.29, 0.717) is 5.75 Å². The second kappa shape index (κ2) is 7.42. The maximum Gasteiger partial charge on any atom is 0.188 e. The Bertz CT molecular complexity index is 688. The van der Waals surface area contributed by atoms with Crippen molar-refractivity contribution >= 4 is 9.84 Å². The first-order valence-electron chi connectivity index (χ1n) is 7.07. The molecule has 0 N–H and O–H groups in total. The van der Waals surface area contributed by atoms with Crippen molar-refractivity contribution in [1.82, 2.24) is 0 Å². The molecule has 22 heavy (non-hydrogen) atoms. The van der Waals surface area contributed by atoms with Crippen molar-refractivity contribution in [2.75, 3.05) is 13.9 Å². The summed E-state index contributed by atoms with van der Waals surface area (Å²) in [6.07, 6.45) is 0.940. The summed E-state index contributed by atoms with van der Waals surface area (Å²) in [7, 11) is -1.83. The molecule has 4 nitrogen and oxygen atoms in total. The zero-order chi connectivity index (χ0) is 16.0. The van der Waals surface area contributed by atoms with Crippen LogP contribution in [-0.4, -0.2) is 22.3 Å². The summed E-state index contributed by atoms with van der Waals surface area (Å²) in [6, 6.07) is 14.0. The molecule has 5 heteroatoms. The number of ether oxygens (including phenoxy) is 2. The molecule has 0 aliphatic carbocycles. The van der Waals surface area contributed by atoms with Crippen molar-refractivity contribution in [3.05, 3.63) is 59.7 Å². The molecule has 0 aliphatic heterocycles. The largest absolute Gasteiger partial charge is 0.468 e. The van der Waals surface area contributed by atoms with Gasteiger partial charge < -0.3 is 9.47 Å². The highest BCUT2D eigenvalue weighted by molar-refractivity contribution is 7.90. The molecular formula is C17H20O4S. The van der Waals surface area contributed by atoms with Gasteiger partial charge in [-0.2, -0.15) is 0 Å². The van der Waals surface area contributed by atoms with E-state index < -0.39 is 9.84 Å². The summed E-state index contributed by atoms with van der Waals surface area (Å²) >= 11 is 0. The highest BCUT2D eigenvalue weighted by Crippen LogP contribution is 2.20. The summed E-state index contributed by atoms with van der Waals surface area (Å²) in [4.78, 5) is 0.289. The maximum atomic E-state index is 12.4. The van der Waals surface area contributed by atoms with Crippen LogP contribution in [0.4, 0.5) is 0 Å². The van der Waals surface area contributed by atoms with Crippen LogP contribution in [0, 0.1) is 0 Å². The van der Waals surface area contributed by atoms with Gasteiger partial charge in [0.15, 0.2) is 16.6 Å². The monoisotopic (exact) mass is 320 g/mol. The minimum absolute atomic E-state index is 0.00469. The van der Waals surface area contributed by atoms with Gasteiger partial charge in [-0.15, -0.1) is 0 Å². The van der Waals surface area contributed by atoms with E-state index in [0.717, 1.165) is 12.0 Å². The Hall–Kier alpha value is -1.85. The summed E-state index contributed by atoms with van der Waals surface area (Å²) in [5.74, 6) is 0.572. The first-order valence-corrected chi connectivity index (χ1v) is 8.73. The Labute approximate surface area is 131 Å². The van der Waals surface area contributed by atoms with E-state index in [1.807, 2.05) is 24.3 Å². The highest BCUT2D eigenvalue weighted by Gasteiger charge is 2.15. The third-order valence-corrected chi connectivity index (χ3v) is 5.02. The molecule has 0 unspecified atom stereocenters. The third kappa shape index (κ3) is 4.32. The molecule has 2 aromatic carbocycles. The molecule has 0 saturated heterocycles. The first-order chi connectivity index (χ1) is 10.5. The zero-order valence-corrected chi connectivity index (χ0v) is 13.6. The molecular weight excluding hydrogens is 300 g/mol. The Kier molecular flexibility index (Phi) is 5.57. The number of methoxy groups -OCH3 is 1. The Morgan fingerprint density at radius 3 is 2.05 bits per heavy atom. The Morgan fingerprint density at radius 1 is 0.909 bits per heavy atom. The van der Waals surface area contributed by atoms with Gasteiger partial charge in [0.1, 0.15) is 5.75 Å². The summed E-state index contributed by atoms with van der Waals surface area (Å²) in [5, 5.41) is 0. The molecule has 0 saturated carbocycles. The molecule has 0 aliphatic rings. The lowest BCUT2D eigenvalue weighted by atomic mass is 10.1. The van der Waals surface area contributed by atoms with Crippen molar-refractivity contribution in [2.24, 2.45) is 0 Å². The summed E-state index contributed by atoms with van der Waals surface area (Å²) in [5.41, 5.74) is 1.98. The van der Waals surface area contributed by atoms with Gasteiger partial charge in [-0.3, -0.25) is 0 Å². The van der Waals surface area contributed by atoms with Gasteiger partial charge in [0.05, 0.1) is 10.6 Å². The van der Waals surface area contributed by atoms with Gasteiger partial charge in [-0.1, -0.05) is 31.2 Å². The standard InChI is InChI=1S/C17H20O4S/c1-3-14-4-6-15(7-5-14)12-22(18,19)17-10-8-16(9-11-17)21-13-20-2/h4-11H,3,12-13H2,1-2H3. The number of rotatable bonds is 7. The van der Waals surface area contributed by atoms with E-state index >= 15 is 0 Å². The fraction of sp³-hybridized carbons (Fsp3) is 0.294. The van der Waals surface area contributed by atoms with Crippen molar-refractivity contribution in [1.29, 1.82) is 0 Å². The number of sulfone groups is 1. The van der Waals surface area contributed by atoms with E-state index in [-0.39, 0.29) is 17.4 Å². The van der Waals surface area contributed by atoms with Crippen LogP contribution in [0.3, 0.4) is 0 Å². The molecule has 0 aromatic heterocycles. The fourth-order valence-corrected chi connectivity index (χ4v) is 3.39. The zero-order valence-electron chi connectivity index (χ0n) is 12.8. The molecule has 0 atom stereocenters. The van der Waals surface area contributed by atoms with Crippen molar-refractivity contribution in [2.45, 2.75) is 24.0 Å². The highest BCUT2D eigenvalue weighted by atomic mass is 32.2. The van der Waals surface area contributed by atoms with Gasteiger partial charge in [-0.05, 0) is 41.8 Å². The normalized spacial score (nSPS) is 11.4. The Balaban J connectivity index is 2.11. The second-order valence-electron chi connectivity index (χ2n) is 4.95. The molecule has 0 radical (unpaired) electrons. The van der Waals surface area contributed by atoms with Crippen molar-refractivity contribution in [3.63, 3.8) is 0 Å². The van der Waals surface area contributed by atoms with Crippen LogP contribution in [0.1, 0.15) is 18.1 Å². The lowest BCUT2D eigenvalue weighted by molar-refractivity contribution is 0.0511. The first kappa shape index (κ1) is 16.5. The van der Waals surface area contributed by atoms with Crippen molar-refractivity contribution in [3.8, 4) is 5.75 Å². The lowest BCUT2D eigenvalue weighted by Gasteiger charge is -2.08. The predicted molar refractivity (Wildman–Crippen MR) is 85.7 cm³/mol. The maximum absolute atomic E-state index is 12.4. The van der Waals surface area contributed by atoms with Crippen LogP contribution < -0.4 is 4.74 Å². The summed E-state index contributed by atoms with van der Waals surface area (Å²) in [6.45, 7) is 2.20. The molecule has 0 heterocycles. The van der Waals surface area contributed by atoms with E-state index in [1.165, 1.54) is 12.7 Å². The fourth-order valence-electron chi connectivity index (χ4n) is 2.04. The Morgan fingerprint density at radius 2 is 1.50 bits per heavy atom. The van der Waals surface area contributed by atoms with Crippen molar-refractivity contribution < 1.29 is 17.9 Å². The topological polar surface area (TPSA) is 52.6 Å². The van der Waals surface area contributed by atoms with Crippen LogP contribution in [0.5, 0.6) is 5.75 Å². The molecule has 0 fully saturated rings. The number of hydrogen-bond donors (Lipinski definition) is 0. The molecule has 0 bridgehead atoms. The molecule has 2 aromatic rings. The van der Waals surface area contributed by atoms with Gasteiger partial charge in [-0.25, -0.2) is 8.42 Å². The van der Waals surface area contributed by atoms with Crippen LogP contribution >= 0.6 is 0 Å². The van der Waals surface area contributed by atoms with E-state index in [4.69, 9.17) is 9.47 Å². The number of benzene rings is 2. The predicted octanol–water partition coefficient (Wildman–Crippen LogP) is 3.21. The van der Waals surface area contributed by atoms with Gasteiger partial charge >= 0.3 is 0 Å². The van der Waals surface area contributed by atoms with E-state index in [2.05, 4.69) is 6.92 Å². The summed E-state index contributed by atoms with van der Waals surface area (Å²) < 4.78 is 34.9. The van der Waals surface area contributed by atoms with Gasteiger partial charge in [0.25, 0.3) is 0 Å². The molecule has 0 spiro atoms. The van der Waals surface area contributed by atoms with Crippen LogP contribution in [0.25, 0.3) is 0 Å². The minimum Gasteiger partial charge on any atom is -0.468 e. The minimum atomic E-state index is -3.36. The third-order valence-electron chi connectivity index (χ3n) is 3.31. The average Bonchev–Trinajstić information content (AvgIpc) is 2.53. The molecule has 118 valence electrons. The van der Waals surface area contributed by atoms with Gasteiger partial charge in [0, 0.05) is 7.11 Å². The number of hydrogen-bond acceptors (Lipinski definition) is 4. The lowest BCUT2D eigenvalue weighted by Crippen LogP contribution is -2.05. The van der Waals surface area contributed by atoms with E-state index in [1.54, 1.807) is 24.3 Å². The number of aryl methyl sites for hydroxylation is 1. The molecule has 0 amide bonds. The molecule has 2 rings (SSSR count). The van der Waals surface area contributed by atoms with Crippen LogP contribution in [0.2, 0.25) is 0 Å². The van der Waals surface area contributed by atoms with E-state index in [9.17, 15) is 8.42 Å². The SMILES string of the molecule is CCc1ccc(CS(=O)(=O)c2ccc(OCOC)cc2)cc1. The smallest absolute Gasteiger partial charge is 0.188 e. The van der Waals surface area contributed by atoms with Crippen LogP contribution in [-0.2, 0) is 26.7 Å². The quantitative estimate of drug-likeness (QED) is 0.735. The second-order valence-corrected chi connectivity index (χ2v) is 6.94. The van der Waals surface area contributed by atoms with Gasteiger partial charge in [0.2, 0.25) is 0 Å².